The summed E-state index contributed by atoms with van der Waals surface area (Å²) in [7, 11) is -4.07. The van der Waals surface area contributed by atoms with Crippen LogP contribution in [0.2, 0.25) is 0 Å². The zero-order valence-electron chi connectivity index (χ0n) is 14.9. The molecule has 0 aliphatic carbocycles. The van der Waals surface area contributed by atoms with Crippen molar-refractivity contribution in [3.05, 3.63) is 77.9 Å². The number of nitrogens with zero attached hydrogens (tertiary/aromatic N) is 1. The van der Waals surface area contributed by atoms with Gasteiger partial charge in [-0.3, -0.25) is 4.79 Å². The van der Waals surface area contributed by atoms with Crippen molar-refractivity contribution in [2.45, 2.75) is 30.7 Å². The highest BCUT2D eigenvalue weighted by Gasteiger charge is 2.41. The molecule has 2 aromatic rings. The third-order valence-corrected chi connectivity index (χ3v) is 6.21. The monoisotopic (exact) mass is 387 g/mol. The second-order valence-corrected chi connectivity index (χ2v) is 8.18. The first-order chi connectivity index (χ1) is 12.9. The van der Waals surface area contributed by atoms with E-state index in [4.69, 9.17) is 4.74 Å². The quantitative estimate of drug-likeness (QED) is 0.820. The maximum absolute atomic E-state index is 13.0. The fourth-order valence-electron chi connectivity index (χ4n) is 2.85. The van der Waals surface area contributed by atoms with Gasteiger partial charge in [-0.15, -0.1) is 0 Å². The van der Waals surface area contributed by atoms with E-state index in [-0.39, 0.29) is 18.1 Å². The van der Waals surface area contributed by atoms with Gasteiger partial charge in [0.05, 0.1) is 18.1 Å². The maximum Gasteiger partial charge on any atom is 0.246 e. The predicted octanol–water partition coefficient (Wildman–Crippen LogP) is 2.03. The third kappa shape index (κ3) is 4.33. The number of carbonyl (C=O) groups is 1. The minimum absolute atomic E-state index is 0.0170. The summed E-state index contributed by atoms with van der Waals surface area (Å²) in [4.78, 5) is 12.4. The molecule has 0 saturated carbocycles. The number of hydrogen-bond donors (Lipinski definition) is 1. The van der Waals surface area contributed by atoms with Crippen LogP contribution in [0.1, 0.15) is 11.1 Å². The van der Waals surface area contributed by atoms with Crippen molar-refractivity contribution < 1.29 is 23.1 Å². The number of aliphatic hydroxyl groups excluding tert-OH is 1. The highest BCUT2D eigenvalue weighted by atomic mass is 32.2. The summed E-state index contributed by atoms with van der Waals surface area (Å²) in [6.07, 6.45) is 0.934. The number of rotatable bonds is 6. The van der Waals surface area contributed by atoms with Crippen LogP contribution in [-0.2, 0) is 26.2 Å². The molecular formula is C20H21NO5S. The Balaban J connectivity index is 1.82. The fourth-order valence-corrected chi connectivity index (χ4v) is 4.42. The molecule has 1 heterocycles. The molecule has 1 aliphatic rings. The standard InChI is InChI=1S/C20H21NO5S/c1-15-7-9-17(10-8-15)27(24,25)21-18(19(22)11-12-20(21)23)14-26-13-16-5-3-2-4-6-16/h2-12,18,20,23H,13-14H2,1H3/t18-,20+/m0/s1. The molecule has 0 radical (unpaired) electrons. The van der Waals surface area contributed by atoms with Crippen molar-refractivity contribution in [2.75, 3.05) is 6.61 Å². The highest BCUT2D eigenvalue weighted by molar-refractivity contribution is 7.89. The average Bonchev–Trinajstić information content (AvgIpc) is 2.65. The fraction of sp³-hybridized carbons (Fsp3) is 0.250. The van der Waals surface area contributed by atoms with Crippen LogP contribution in [0.25, 0.3) is 0 Å². The molecule has 27 heavy (non-hydrogen) atoms. The minimum Gasteiger partial charge on any atom is -0.375 e. The molecule has 142 valence electrons. The van der Waals surface area contributed by atoms with E-state index < -0.39 is 28.1 Å². The Bertz CT molecular complexity index is 923. The molecular weight excluding hydrogens is 366 g/mol. The van der Waals surface area contributed by atoms with E-state index in [1.807, 2.05) is 37.3 Å². The van der Waals surface area contributed by atoms with E-state index in [1.165, 1.54) is 24.3 Å². The van der Waals surface area contributed by atoms with Crippen LogP contribution in [0.5, 0.6) is 0 Å². The summed E-state index contributed by atoms with van der Waals surface area (Å²) in [5.41, 5.74) is 1.82. The van der Waals surface area contributed by atoms with Crippen LogP contribution in [0.4, 0.5) is 0 Å². The predicted molar refractivity (Wildman–Crippen MR) is 100 cm³/mol. The average molecular weight is 387 g/mol. The zero-order valence-corrected chi connectivity index (χ0v) is 15.7. The molecule has 0 saturated heterocycles. The SMILES string of the molecule is Cc1ccc(S(=O)(=O)N2[C@H](O)C=CC(=O)[C@@H]2COCc2ccccc2)cc1. The zero-order chi connectivity index (χ0) is 19.4. The van der Waals surface area contributed by atoms with Gasteiger partial charge >= 0.3 is 0 Å². The van der Waals surface area contributed by atoms with Crippen molar-refractivity contribution in [1.82, 2.24) is 4.31 Å². The first-order valence-corrected chi connectivity index (χ1v) is 9.95. The van der Waals surface area contributed by atoms with E-state index in [2.05, 4.69) is 0 Å². The van der Waals surface area contributed by atoms with Crippen LogP contribution < -0.4 is 0 Å². The number of ketones is 1. The van der Waals surface area contributed by atoms with E-state index >= 15 is 0 Å². The number of hydrogen-bond acceptors (Lipinski definition) is 5. The number of aryl methyl sites for hydroxylation is 1. The molecule has 2 atom stereocenters. The Kier molecular flexibility index (Phi) is 5.86. The molecule has 3 rings (SSSR count). The van der Waals surface area contributed by atoms with Gasteiger partial charge in [-0.2, -0.15) is 4.31 Å². The van der Waals surface area contributed by atoms with Crippen molar-refractivity contribution >= 4 is 15.8 Å². The van der Waals surface area contributed by atoms with Gasteiger partial charge in [-0.1, -0.05) is 48.0 Å². The third-order valence-electron chi connectivity index (χ3n) is 4.31. The molecule has 2 aromatic carbocycles. The van der Waals surface area contributed by atoms with Gasteiger partial charge in [-0.25, -0.2) is 8.42 Å². The second-order valence-electron chi connectivity index (χ2n) is 6.34. The second kappa shape index (κ2) is 8.14. The minimum atomic E-state index is -4.07. The molecule has 1 N–H and O–H groups in total. The van der Waals surface area contributed by atoms with Crippen molar-refractivity contribution in [3.8, 4) is 0 Å². The Morgan fingerprint density at radius 1 is 1.07 bits per heavy atom. The summed E-state index contributed by atoms with van der Waals surface area (Å²) in [5.74, 6) is -0.427. The molecule has 0 unspecified atom stereocenters. The molecule has 0 fully saturated rings. The van der Waals surface area contributed by atoms with E-state index in [1.54, 1.807) is 12.1 Å². The van der Waals surface area contributed by atoms with Gasteiger partial charge in [-0.05, 0) is 36.8 Å². The highest BCUT2D eigenvalue weighted by Crippen LogP contribution is 2.25. The largest absolute Gasteiger partial charge is 0.375 e. The summed E-state index contributed by atoms with van der Waals surface area (Å²) in [6.45, 7) is 1.93. The molecule has 0 amide bonds. The van der Waals surface area contributed by atoms with Crippen LogP contribution in [0, 0.1) is 6.92 Å². The van der Waals surface area contributed by atoms with Gasteiger partial charge in [0.1, 0.15) is 12.3 Å². The lowest BCUT2D eigenvalue weighted by Crippen LogP contribution is -2.54. The first kappa shape index (κ1) is 19.4. The summed E-state index contributed by atoms with van der Waals surface area (Å²) in [6, 6.07) is 14.5. The van der Waals surface area contributed by atoms with Crippen molar-refractivity contribution in [3.63, 3.8) is 0 Å². The Morgan fingerprint density at radius 2 is 1.74 bits per heavy atom. The van der Waals surface area contributed by atoms with Gasteiger partial charge in [0.15, 0.2) is 5.78 Å². The number of ether oxygens (including phenoxy) is 1. The topological polar surface area (TPSA) is 83.9 Å². The van der Waals surface area contributed by atoms with E-state index in [0.717, 1.165) is 15.4 Å². The van der Waals surface area contributed by atoms with Gasteiger partial charge in [0.25, 0.3) is 0 Å². The summed E-state index contributed by atoms with van der Waals surface area (Å²) < 4.78 is 32.4. The normalized spacial score (nSPS) is 20.7. The smallest absolute Gasteiger partial charge is 0.246 e. The van der Waals surface area contributed by atoms with Gasteiger partial charge in [0, 0.05) is 0 Å². The number of sulfonamides is 1. The van der Waals surface area contributed by atoms with Crippen LogP contribution >= 0.6 is 0 Å². The molecule has 0 aromatic heterocycles. The molecule has 7 heteroatoms. The van der Waals surface area contributed by atoms with Crippen molar-refractivity contribution in [2.24, 2.45) is 0 Å². The Labute approximate surface area is 158 Å². The number of benzene rings is 2. The van der Waals surface area contributed by atoms with Crippen molar-refractivity contribution in [1.29, 1.82) is 0 Å². The first-order valence-electron chi connectivity index (χ1n) is 8.51. The van der Waals surface area contributed by atoms with Crippen LogP contribution in [-0.4, -0.2) is 42.5 Å². The lowest BCUT2D eigenvalue weighted by molar-refractivity contribution is -0.123. The Hall–Kier alpha value is -2.32. The van der Waals surface area contributed by atoms with E-state index in [9.17, 15) is 18.3 Å². The van der Waals surface area contributed by atoms with Gasteiger partial charge in [0.2, 0.25) is 10.0 Å². The van der Waals surface area contributed by atoms with Gasteiger partial charge < -0.3 is 9.84 Å². The summed E-state index contributed by atoms with van der Waals surface area (Å²) in [5, 5.41) is 10.3. The number of carbonyl (C=O) groups excluding carboxylic acids is 1. The molecule has 0 bridgehead atoms. The lowest BCUT2D eigenvalue weighted by atomic mass is 10.1. The molecule has 6 nitrogen and oxygen atoms in total. The molecule has 1 aliphatic heterocycles. The maximum atomic E-state index is 13.0. The number of aliphatic hydroxyl groups is 1. The van der Waals surface area contributed by atoms with E-state index in [0.29, 0.717) is 0 Å². The van der Waals surface area contributed by atoms with Crippen LogP contribution in [0.3, 0.4) is 0 Å². The molecule has 0 spiro atoms. The van der Waals surface area contributed by atoms with Crippen LogP contribution in [0.15, 0.2) is 71.6 Å². The summed E-state index contributed by atoms with van der Waals surface area (Å²) >= 11 is 0. The lowest BCUT2D eigenvalue weighted by Gasteiger charge is -2.34. The Morgan fingerprint density at radius 3 is 2.41 bits per heavy atom.